The van der Waals surface area contributed by atoms with Crippen LogP contribution < -0.4 is 5.73 Å². The lowest BCUT2D eigenvalue weighted by Gasteiger charge is -2.05. The number of thiazole rings is 1. The van der Waals surface area contributed by atoms with E-state index in [0.29, 0.717) is 10.0 Å². The fourth-order valence-electron chi connectivity index (χ4n) is 2.73. The molecule has 24 heavy (non-hydrogen) atoms. The van der Waals surface area contributed by atoms with Gasteiger partial charge in [-0.05, 0) is 17.7 Å². The number of ether oxygens (including phenoxy) is 1. The number of halogens is 1. The second-order valence-corrected chi connectivity index (χ2v) is 6.85. The summed E-state index contributed by atoms with van der Waals surface area (Å²) in [5.41, 5.74) is 7.11. The first-order valence-corrected chi connectivity index (χ1v) is 8.61. The van der Waals surface area contributed by atoms with Crippen molar-refractivity contribution < 1.29 is 9.53 Å². The number of carbonyl (C=O) groups excluding carboxylic acids is 1. The average molecular weight is 357 g/mol. The Morgan fingerprint density at radius 2 is 1.88 bits per heavy atom. The van der Waals surface area contributed by atoms with Crippen LogP contribution in [0.2, 0.25) is 5.02 Å². The molecule has 4 nitrogen and oxygen atoms in total. The summed E-state index contributed by atoms with van der Waals surface area (Å²) in [5, 5.41) is 3.12. The summed E-state index contributed by atoms with van der Waals surface area (Å²) < 4.78 is 5.76. The predicted molar refractivity (Wildman–Crippen MR) is 93.7 cm³/mol. The van der Waals surface area contributed by atoms with E-state index in [1.165, 1.54) is 11.3 Å². The van der Waals surface area contributed by atoms with Crippen molar-refractivity contribution in [3.05, 3.63) is 75.6 Å². The first kappa shape index (κ1) is 15.3. The summed E-state index contributed by atoms with van der Waals surface area (Å²) in [4.78, 5) is 16.7. The molecule has 1 aromatic heterocycles. The van der Waals surface area contributed by atoms with Crippen molar-refractivity contribution in [2.75, 3.05) is 0 Å². The Morgan fingerprint density at radius 3 is 2.54 bits per heavy atom. The number of hydrogen-bond acceptors (Lipinski definition) is 4. The molecule has 2 heterocycles. The maximum absolute atomic E-state index is 12.1. The van der Waals surface area contributed by atoms with Gasteiger partial charge in [-0.25, -0.2) is 4.98 Å². The summed E-state index contributed by atoms with van der Waals surface area (Å²) >= 11 is 7.30. The van der Waals surface area contributed by atoms with Gasteiger partial charge in [0.1, 0.15) is 11.1 Å². The summed E-state index contributed by atoms with van der Waals surface area (Å²) in [6.07, 6.45) is -0.429. The lowest BCUT2D eigenvalue weighted by Crippen LogP contribution is -2.30. The molecule has 1 fully saturated rings. The minimum Gasteiger partial charge on any atom is -0.367 e. The lowest BCUT2D eigenvalue weighted by atomic mass is 9.99. The van der Waals surface area contributed by atoms with Crippen LogP contribution >= 0.6 is 22.9 Å². The Hall–Kier alpha value is -2.21. The van der Waals surface area contributed by atoms with Crippen LogP contribution in [0, 0.1) is 0 Å². The van der Waals surface area contributed by atoms with Crippen molar-refractivity contribution in [3.8, 4) is 11.3 Å². The smallest absolute Gasteiger partial charge is 0.260 e. The molecule has 0 spiro atoms. The third kappa shape index (κ3) is 2.41. The molecule has 1 aliphatic heterocycles. The maximum atomic E-state index is 12.1. The third-order valence-corrected chi connectivity index (χ3v) is 5.26. The Balaban J connectivity index is 1.70. The molecular formula is C18H13ClN2O2S. The van der Waals surface area contributed by atoms with Gasteiger partial charge in [-0.2, -0.15) is 0 Å². The SMILES string of the molecule is NC(=O)[C@]1(c2nc(-c3ccccc3)cs2)O[C@@H]1c1ccc(Cl)cc1. The molecule has 1 aliphatic rings. The van der Waals surface area contributed by atoms with Gasteiger partial charge in [-0.15, -0.1) is 11.3 Å². The largest absolute Gasteiger partial charge is 0.367 e. The van der Waals surface area contributed by atoms with Gasteiger partial charge in [0.25, 0.3) is 5.91 Å². The number of benzene rings is 2. The van der Waals surface area contributed by atoms with Gasteiger partial charge < -0.3 is 10.5 Å². The quantitative estimate of drug-likeness (QED) is 0.720. The van der Waals surface area contributed by atoms with Crippen LogP contribution in [0.4, 0.5) is 0 Å². The molecule has 0 unspecified atom stereocenters. The fraction of sp³-hybridized carbons (Fsp3) is 0.111. The van der Waals surface area contributed by atoms with Gasteiger partial charge in [-0.3, -0.25) is 4.79 Å². The van der Waals surface area contributed by atoms with Crippen LogP contribution in [-0.2, 0) is 15.1 Å². The molecule has 3 aromatic rings. The van der Waals surface area contributed by atoms with Crippen LogP contribution in [0.25, 0.3) is 11.3 Å². The van der Waals surface area contributed by atoms with Crippen LogP contribution in [0.15, 0.2) is 60.0 Å². The number of nitrogens with two attached hydrogens (primary N) is 1. The zero-order valence-corrected chi connectivity index (χ0v) is 14.1. The van der Waals surface area contributed by atoms with Gasteiger partial charge in [0, 0.05) is 16.0 Å². The second kappa shape index (κ2) is 5.70. The fourth-order valence-corrected chi connectivity index (χ4v) is 3.85. The topological polar surface area (TPSA) is 68.5 Å². The highest BCUT2D eigenvalue weighted by atomic mass is 35.5. The molecule has 2 atom stereocenters. The number of hydrogen-bond donors (Lipinski definition) is 1. The summed E-state index contributed by atoms with van der Waals surface area (Å²) in [5.74, 6) is -0.531. The molecule has 2 aromatic carbocycles. The zero-order chi connectivity index (χ0) is 16.7. The Labute approximate surface area is 147 Å². The van der Waals surface area contributed by atoms with E-state index in [4.69, 9.17) is 22.1 Å². The van der Waals surface area contributed by atoms with Crippen LogP contribution in [-0.4, -0.2) is 10.9 Å². The number of epoxide rings is 1. The molecule has 0 aliphatic carbocycles. The van der Waals surface area contributed by atoms with Crippen LogP contribution in [0.5, 0.6) is 0 Å². The first-order chi connectivity index (χ1) is 11.6. The number of nitrogens with zero attached hydrogens (tertiary/aromatic N) is 1. The minimum atomic E-state index is -1.19. The molecule has 120 valence electrons. The summed E-state index contributed by atoms with van der Waals surface area (Å²) in [6, 6.07) is 17.0. The number of primary amides is 1. The van der Waals surface area contributed by atoms with Crippen molar-refractivity contribution in [2.45, 2.75) is 11.7 Å². The summed E-state index contributed by atoms with van der Waals surface area (Å²) in [7, 11) is 0. The van der Waals surface area contributed by atoms with E-state index >= 15 is 0 Å². The van der Waals surface area contributed by atoms with E-state index in [1.54, 1.807) is 12.1 Å². The number of aromatic nitrogens is 1. The predicted octanol–water partition coefficient (Wildman–Crippen LogP) is 3.92. The first-order valence-electron chi connectivity index (χ1n) is 7.36. The van der Waals surface area contributed by atoms with E-state index in [0.717, 1.165) is 16.8 Å². The second-order valence-electron chi connectivity index (χ2n) is 5.55. The molecular weight excluding hydrogens is 344 g/mol. The highest BCUT2D eigenvalue weighted by Crippen LogP contribution is 2.57. The highest BCUT2D eigenvalue weighted by molar-refractivity contribution is 7.10. The van der Waals surface area contributed by atoms with Crippen LogP contribution in [0.3, 0.4) is 0 Å². The molecule has 0 radical (unpaired) electrons. The molecule has 2 N–H and O–H groups in total. The minimum absolute atomic E-state index is 0.429. The van der Waals surface area contributed by atoms with E-state index in [2.05, 4.69) is 4.98 Å². The van der Waals surface area contributed by atoms with E-state index in [9.17, 15) is 4.79 Å². The Morgan fingerprint density at radius 1 is 1.17 bits per heavy atom. The average Bonchev–Trinajstić information content (AvgIpc) is 3.17. The molecule has 4 rings (SSSR count). The van der Waals surface area contributed by atoms with E-state index < -0.39 is 17.6 Å². The van der Waals surface area contributed by atoms with Gasteiger partial charge >= 0.3 is 0 Å². The normalized spacial score (nSPS) is 22.3. The van der Waals surface area contributed by atoms with E-state index in [-0.39, 0.29) is 0 Å². The Bertz CT molecular complexity index is 895. The summed E-state index contributed by atoms with van der Waals surface area (Å²) in [6.45, 7) is 0. The van der Waals surface area contributed by atoms with Gasteiger partial charge in [0.05, 0.1) is 5.69 Å². The lowest BCUT2D eigenvalue weighted by molar-refractivity contribution is -0.123. The van der Waals surface area contributed by atoms with Crippen molar-refractivity contribution in [1.82, 2.24) is 4.98 Å². The third-order valence-electron chi connectivity index (χ3n) is 4.05. The molecule has 0 bridgehead atoms. The van der Waals surface area contributed by atoms with Crippen molar-refractivity contribution in [3.63, 3.8) is 0 Å². The van der Waals surface area contributed by atoms with Crippen molar-refractivity contribution in [1.29, 1.82) is 0 Å². The molecule has 6 heteroatoms. The number of rotatable bonds is 4. The molecule has 1 amide bonds. The number of amides is 1. The van der Waals surface area contributed by atoms with Gasteiger partial charge in [0.15, 0.2) is 0 Å². The maximum Gasteiger partial charge on any atom is 0.260 e. The van der Waals surface area contributed by atoms with Crippen molar-refractivity contribution in [2.24, 2.45) is 5.73 Å². The Kier molecular flexibility index (Phi) is 3.64. The molecule has 0 saturated carbocycles. The van der Waals surface area contributed by atoms with Gasteiger partial charge in [-0.1, -0.05) is 54.1 Å². The van der Waals surface area contributed by atoms with E-state index in [1.807, 2.05) is 47.8 Å². The standard InChI is InChI=1S/C18H13ClN2O2S/c19-13-8-6-12(7-9-13)15-18(23-15,16(20)22)17-21-14(10-24-17)11-4-2-1-3-5-11/h1-10,15H,(H2,20,22)/t15-,18-/m1/s1. The number of carbonyl (C=O) groups is 1. The van der Waals surface area contributed by atoms with Gasteiger partial charge in [0.2, 0.25) is 5.60 Å². The molecule has 1 saturated heterocycles. The zero-order valence-electron chi connectivity index (χ0n) is 12.5. The monoisotopic (exact) mass is 356 g/mol. The highest BCUT2D eigenvalue weighted by Gasteiger charge is 2.65. The van der Waals surface area contributed by atoms with Crippen molar-refractivity contribution >= 4 is 28.8 Å². The van der Waals surface area contributed by atoms with Crippen LogP contribution in [0.1, 0.15) is 16.7 Å².